The summed E-state index contributed by atoms with van der Waals surface area (Å²) in [7, 11) is 0. The van der Waals surface area contributed by atoms with Crippen molar-refractivity contribution in [2.24, 2.45) is 0 Å². The first-order valence-electron chi connectivity index (χ1n) is 50.6. The topological polar surface area (TPSA) is 19.4 Å². The number of anilines is 18. The van der Waals surface area contributed by atoms with Crippen molar-refractivity contribution >= 4 is 324 Å². The van der Waals surface area contributed by atoms with Crippen molar-refractivity contribution < 1.29 is 0 Å². The molecule has 0 unspecified atom stereocenters. The number of nitrogens with zero attached hydrogens (tertiary/aromatic N) is 6. The van der Waals surface area contributed by atoms with E-state index < -0.39 is 0 Å². The summed E-state index contributed by atoms with van der Waals surface area (Å²) in [5.74, 6) is 0. The molecule has 0 aliphatic heterocycles. The third-order valence-corrected chi connectivity index (χ3v) is 36.0. The molecule has 0 amide bonds. The summed E-state index contributed by atoms with van der Waals surface area (Å²) in [6, 6.07) is 198. The molecule has 24 aromatic carbocycles. The lowest BCUT2D eigenvalue weighted by Crippen LogP contribution is -2.10. The fourth-order valence-corrected chi connectivity index (χ4v) is 29.1. The van der Waals surface area contributed by atoms with Crippen LogP contribution in [-0.2, 0) is 0 Å². The van der Waals surface area contributed by atoms with Gasteiger partial charge in [0.2, 0.25) is 0 Å². The molecule has 0 N–H and O–H groups in total. The first-order chi connectivity index (χ1) is 74.4. The molecular weight excluding hydrogens is 1930 g/mol. The van der Waals surface area contributed by atoms with E-state index in [0.29, 0.717) is 0 Å². The van der Waals surface area contributed by atoms with E-state index in [9.17, 15) is 0 Å². The van der Waals surface area contributed by atoms with Crippen molar-refractivity contribution in [2.75, 3.05) is 29.4 Å². The monoisotopic (exact) mass is 2020 g/mol. The molecule has 708 valence electrons. The Morgan fingerprint density at radius 3 is 0.573 bits per heavy atom. The van der Waals surface area contributed by atoms with E-state index in [1.165, 1.54) is 176 Å². The quantitative estimate of drug-likeness (QED) is 0.0847. The van der Waals surface area contributed by atoms with Crippen molar-refractivity contribution in [1.29, 1.82) is 0 Å². The van der Waals surface area contributed by atoms with Crippen LogP contribution < -0.4 is 29.4 Å². The summed E-state index contributed by atoms with van der Waals surface area (Å²) in [4.78, 5) is 14.4. The minimum absolute atomic E-state index is 1.13. The van der Waals surface area contributed by atoms with Crippen LogP contribution in [0.15, 0.2) is 546 Å². The van der Waals surface area contributed by atoms with Crippen molar-refractivity contribution in [3.63, 3.8) is 0 Å². The van der Waals surface area contributed by atoms with Gasteiger partial charge in [0.15, 0.2) is 0 Å². The molecule has 0 bridgehead atoms. The standard InChI is InChI=1S/3C46H30N2S2/c1-4-15-31(16-5-1)47(32-17-6-2-7-18-32)42-30-40-38-24-14-25-41(46(38)50-45(40)37-23-11-10-21-35(37)42)48(33-19-8-3-9-20-33)34-27-28-44-39(29-34)36-22-12-13-26-43(36)49-44;1-4-14-31(15-5-1)47(32-16-6-2-7-17-32)34-24-27-45-40(28-34)41-30-42(36-20-10-11-22-38(36)46(41)50-45)48(33-18-8-3-9-19-33)35-25-26-44-39(29-35)37-21-12-13-23-43(37)49-44;1-4-14-31(15-5-1)47(34-24-26-44-39(28-34)37-21-12-13-23-43(37)49-44)35-25-27-45-40(29-35)41-30-42(36-20-10-11-22-38(36)46(41)50-45)48(32-16-6-2-7-17-32)33-18-8-3-9-19-33/h3*1-30H. The fourth-order valence-electron chi connectivity index (χ4n) is 22.1. The maximum absolute atomic E-state index is 2.45. The molecule has 0 saturated carbocycles. The summed E-state index contributed by atoms with van der Waals surface area (Å²) in [5, 5.41) is 22.9. The molecule has 0 saturated heterocycles. The second kappa shape index (κ2) is 38.5. The van der Waals surface area contributed by atoms with Gasteiger partial charge in [0.25, 0.3) is 0 Å². The van der Waals surface area contributed by atoms with Gasteiger partial charge < -0.3 is 29.4 Å². The highest BCUT2D eigenvalue weighted by Gasteiger charge is 2.29. The van der Waals surface area contributed by atoms with Gasteiger partial charge in [-0.1, -0.05) is 303 Å². The van der Waals surface area contributed by atoms with Crippen LogP contribution in [-0.4, -0.2) is 0 Å². The Bertz CT molecular complexity index is 10100. The van der Waals surface area contributed by atoms with E-state index in [0.717, 1.165) is 79.6 Å². The van der Waals surface area contributed by atoms with E-state index in [1.807, 2.05) is 68.0 Å². The van der Waals surface area contributed by atoms with E-state index in [1.54, 1.807) is 0 Å². The van der Waals surface area contributed by atoms with E-state index >= 15 is 0 Å². The van der Waals surface area contributed by atoms with Crippen molar-refractivity contribution in [3.05, 3.63) is 546 Å². The van der Waals surface area contributed by atoms with Gasteiger partial charge >= 0.3 is 0 Å². The lowest BCUT2D eigenvalue weighted by atomic mass is 10.0. The molecule has 30 aromatic rings. The first kappa shape index (κ1) is 89.8. The largest absolute Gasteiger partial charge is 0.310 e. The number of para-hydroxylation sites is 9. The van der Waals surface area contributed by atoms with Crippen LogP contribution in [0.25, 0.3) is 153 Å². The van der Waals surface area contributed by atoms with Gasteiger partial charge in [0, 0.05) is 228 Å². The predicted octanol–water partition coefficient (Wildman–Crippen LogP) is 43.5. The average Bonchev–Trinajstić information content (AvgIpc) is 1.64. The number of thiophene rings is 6. The molecule has 6 nitrogen and oxygen atoms in total. The summed E-state index contributed by atoms with van der Waals surface area (Å²) >= 11 is 11.2. The number of benzene rings is 24. The van der Waals surface area contributed by atoms with Crippen LogP contribution in [0.4, 0.5) is 102 Å². The highest BCUT2D eigenvalue weighted by molar-refractivity contribution is 7.28. The Morgan fingerprint density at radius 2 is 0.280 bits per heavy atom. The van der Waals surface area contributed by atoms with Crippen LogP contribution in [0.3, 0.4) is 0 Å². The molecular formula is C138H90N6S6. The van der Waals surface area contributed by atoms with Crippen molar-refractivity contribution in [3.8, 4) is 0 Å². The first-order valence-corrected chi connectivity index (χ1v) is 55.4. The summed E-state index contributed by atoms with van der Waals surface area (Å²) in [5.41, 5.74) is 20.6. The lowest BCUT2D eigenvalue weighted by molar-refractivity contribution is 1.29. The predicted molar refractivity (Wildman–Crippen MR) is 657 cm³/mol. The van der Waals surface area contributed by atoms with Crippen LogP contribution in [0, 0.1) is 0 Å². The van der Waals surface area contributed by atoms with Gasteiger partial charge in [-0.05, 0) is 243 Å². The maximum Gasteiger partial charge on any atom is 0.0640 e. The van der Waals surface area contributed by atoms with Crippen LogP contribution in [0.5, 0.6) is 0 Å². The van der Waals surface area contributed by atoms with E-state index in [4.69, 9.17) is 0 Å². The van der Waals surface area contributed by atoms with Gasteiger partial charge in [-0.15, -0.1) is 68.0 Å². The van der Waals surface area contributed by atoms with E-state index in [-0.39, 0.29) is 0 Å². The molecule has 0 atom stereocenters. The summed E-state index contributed by atoms with van der Waals surface area (Å²) in [6.07, 6.45) is 0. The van der Waals surface area contributed by atoms with Gasteiger partial charge in [-0.2, -0.15) is 0 Å². The maximum atomic E-state index is 2.45. The second-order valence-corrected chi connectivity index (χ2v) is 44.0. The highest BCUT2D eigenvalue weighted by atomic mass is 32.1. The SMILES string of the molecule is c1ccc(N(c2ccc3sc4ccccc4c3c2)c2ccc3sc4c5ccccc5c(N(c5ccccc5)c5ccccc5)cc4c3c2)cc1.c1ccc(N(c2ccccc2)c2cc3c4cccc(N(c5ccccc5)c5ccc6sc7ccccc7c6c5)c4sc3c3ccccc23)cc1.c1ccc(N(c2ccccc2)c2ccc3sc4c5ccccc5c(N(c5ccccc5)c5ccc6sc7ccccc7c6c5)cc4c3c2)cc1. The molecule has 12 heteroatoms. The van der Waals surface area contributed by atoms with Crippen LogP contribution >= 0.6 is 68.0 Å². The fraction of sp³-hybridized carbons (Fsp3) is 0. The number of fused-ring (bicyclic) bond motifs is 24. The summed E-state index contributed by atoms with van der Waals surface area (Å²) in [6.45, 7) is 0. The molecule has 6 aromatic heterocycles. The van der Waals surface area contributed by atoms with Crippen molar-refractivity contribution in [2.45, 2.75) is 0 Å². The zero-order chi connectivity index (χ0) is 99.1. The molecule has 0 aliphatic rings. The zero-order valence-electron chi connectivity index (χ0n) is 81.1. The molecule has 0 spiro atoms. The van der Waals surface area contributed by atoms with Gasteiger partial charge in [0.05, 0.1) is 27.4 Å². The molecule has 30 rings (SSSR count). The van der Waals surface area contributed by atoms with Gasteiger partial charge in [-0.3, -0.25) is 0 Å². The van der Waals surface area contributed by atoms with Gasteiger partial charge in [-0.25, -0.2) is 0 Å². The lowest BCUT2D eigenvalue weighted by Gasteiger charge is -2.27. The molecule has 0 fully saturated rings. The van der Waals surface area contributed by atoms with Gasteiger partial charge in [0.1, 0.15) is 0 Å². The normalized spacial score (nSPS) is 11.6. The Balaban J connectivity index is 0.000000108. The average molecular weight is 2020 g/mol. The second-order valence-electron chi connectivity index (χ2n) is 37.6. The molecule has 0 aliphatic carbocycles. The summed E-state index contributed by atoms with van der Waals surface area (Å²) < 4.78 is 15.7. The third-order valence-electron chi connectivity index (χ3n) is 28.8. The number of rotatable bonds is 18. The Kier molecular flexibility index (Phi) is 23.1. The number of hydrogen-bond acceptors (Lipinski definition) is 12. The minimum atomic E-state index is 1.13. The van der Waals surface area contributed by atoms with Crippen molar-refractivity contribution in [1.82, 2.24) is 0 Å². The molecule has 150 heavy (non-hydrogen) atoms. The minimum Gasteiger partial charge on any atom is -0.310 e. The number of hydrogen-bond donors (Lipinski definition) is 0. The molecule has 6 heterocycles. The Morgan fingerprint density at radius 1 is 0.0933 bits per heavy atom. The smallest absolute Gasteiger partial charge is 0.0640 e. The highest BCUT2D eigenvalue weighted by Crippen LogP contribution is 2.56. The van der Waals surface area contributed by atoms with E-state index in [2.05, 4.69) is 575 Å². The molecule has 0 radical (unpaired) electrons. The third kappa shape index (κ3) is 16.1. The van der Waals surface area contributed by atoms with Crippen LogP contribution in [0.2, 0.25) is 0 Å². The zero-order valence-corrected chi connectivity index (χ0v) is 86.0. The van der Waals surface area contributed by atoms with Crippen LogP contribution in [0.1, 0.15) is 0 Å². The Hall–Kier alpha value is -17.8. The Labute approximate surface area is 891 Å².